The molecule has 17 heavy (non-hydrogen) atoms. The van der Waals surface area contributed by atoms with Crippen molar-refractivity contribution in [2.75, 3.05) is 25.0 Å². The van der Waals surface area contributed by atoms with Crippen molar-refractivity contribution < 1.29 is 0 Å². The highest BCUT2D eigenvalue weighted by Crippen LogP contribution is 2.24. The monoisotopic (exact) mass is 234 g/mol. The van der Waals surface area contributed by atoms with E-state index in [1.54, 1.807) is 6.33 Å². The molecule has 0 amide bonds. The molecule has 2 rings (SSSR count). The van der Waals surface area contributed by atoms with Gasteiger partial charge in [0.1, 0.15) is 12.1 Å². The van der Waals surface area contributed by atoms with E-state index in [-0.39, 0.29) is 0 Å². The van der Waals surface area contributed by atoms with Gasteiger partial charge in [0.25, 0.3) is 0 Å². The maximum absolute atomic E-state index is 4.42. The summed E-state index contributed by atoms with van der Waals surface area (Å²) in [5.41, 5.74) is 1.05. The number of anilines is 1. The van der Waals surface area contributed by atoms with Crippen molar-refractivity contribution in [2.24, 2.45) is 0 Å². The molecule has 0 aromatic carbocycles. The summed E-state index contributed by atoms with van der Waals surface area (Å²) in [5.74, 6) is 1.10. The van der Waals surface area contributed by atoms with Crippen LogP contribution in [0.3, 0.4) is 0 Å². The first-order chi connectivity index (χ1) is 8.31. The third kappa shape index (κ3) is 3.16. The summed E-state index contributed by atoms with van der Waals surface area (Å²) in [5, 5.41) is 3.24. The number of hydrogen-bond acceptors (Lipinski definition) is 4. The second kappa shape index (κ2) is 5.96. The second-order valence-electron chi connectivity index (χ2n) is 4.75. The fraction of sp³-hybridized carbons (Fsp3) is 0.692. The average Bonchev–Trinajstić information content (AvgIpc) is 2.37. The molecule has 0 saturated carbocycles. The smallest absolute Gasteiger partial charge is 0.132 e. The molecule has 1 atom stereocenters. The van der Waals surface area contributed by atoms with Gasteiger partial charge < -0.3 is 10.2 Å². The molecule has 1 aliphatic heterocycles. The Morgan fingerprint density at radius 2 is 2.29 bits per heavy atom. The van der Waals surface area contributed by atoms with Gasteiger partial charge in [0, 0.05) is 24.3 Å². The van der Waals surface area contributed by atoms with Crippen LogP contribution in [-0.4, -0.2) is 36.1 Å². The quantitative estimate of drug-likeness (QED) is 0.862. The standard InChI is InChI=1S/C13H22N4/c1-11-9-13(16-10-15-11)17-8-4-3-5-12(17)6-7-14-2/h9-10,12,14H,3-8H2,1-2H3. The van der Waals surface area contributed by atoms with Crippen LogP contribution in [0.15, 0.2) is 12.4 Å². The Morgan fingerprint density at radius 1 is 1.41 bits per heavy atom. The summed E-state index contributed by atoms with van der Waals surface area (Å²) in [7, 11) is 2.02. The lowest BCUT2D eigenvalue weighted by atomic mass is 9.99. The van der Waals surface area contributed by atoms with Gasteiger partial charge in [0.05, 0.1) is 0 Å². The van der Waals surface area contributed by atoms with Crippen LogP contribution < -0.4 is 10.2 Å². The van der Waals surface area contributed by atoms with E-state index in [1.165, 1.54) is 25.7 Å². The van der Waals surface area contributed by atoms with Crippen LogP contribution in [0.2, 0.25) is 0 Å². The summed E-state index contributed by atoms with van der Waals surface area (Å²) in [4.78, 5) is 11.0. The van der Waals surface area contributed by atoms with E-state index in [4.69, 9.17) is 0 Å². The molecule has 1 aromatic rings. The molecule has 2 heterocycles. The molecule has 1 saturated heterocycles. The highest BCUT2D eigenvalue weighted by Gasteiger charge is 2.22. The Labute approximate surface area is 103 Å². The molecular formula is C13H22N4. The lowest BCUT2D eigenvalue weighted by molar-refractivity contribution is 0.430. The van der Waals surface area contributed by atoms with Crippen molar-refractivity contribution in [3.05, 3.63) is 18.1 Å². The summed E-state index contributed by atoms with van der Waals surface area (Å²) < 4.78 is 0. The van der Waals surface area contributed by atoms with Crippen molar-refractivity contribution in [1.29, 1.82) is 0 Å². The Hall–Kier alpha value is -1.16. The van der Waals surface area contributed by atoms with E-state index in [9.17, 15) is 0 Å². The first kappa shape index (κ1) is 12.3. The molecule has 0 radical (unpaired) electrons. The van der Waals surface area contributed by atoms with Crippen LogP contribution in [0.4, 0.5) is 5.82 Å². The molecule has 0 aliphatic carbocycles. The van der Waals surface area contributed by atoms with Gasteiger partial charge in [-0.3, -0.25) is 0 Å². The third-order valence-corrected chi connectivity index (χ3v) is 3.44. The topological polar surface area (TPSA) is 41.0 Å². The van der Waals surface area contributed by atoms with Crippen molar-refractivity contribution in [3.8, 4) is 0 Å². The maximum Gasteiger partial charge on any atom is 0.132 e. The molecule has 94 valence electrons. The molecule has 0 spiro atoms. The van der Waals surface area contributed by atoms with Gasteiger partial charge in [-0.1, -0.05) is 0 Å². The summed E-state index contributed by atoms with van der Waals surface area (Å²) in [6.45, 7) is 4.23. The number of rotatable bonds is 4. The van der Waals surface area contributed by atoms with Crippen molar-refractivity contribution in [2.45, 2.75) is 38.6 Å². The largest absolute Gasteiger partial charge is 0.353 e. The summed E-state index contributed by atoms with van der Waals surface area (Å²) in [6.07, 6.45) is 6.77. The lowest BCUT2D eigenvalue weighted by Crippen LogP contribution is -2.41. The highest BCUT2D eigenvalue weighted by molar-refractivity contribution is 5.40. The summed E-state index contributed by atoms with van der Waals surface area (Å²) >= 11 is 0. The maximum atomic E-state index is 4.42. The van der Waals surface area contributed by atoms with Gasteiger partial charge in [-0.05, 0) is 46.2 Å². The van der Waals surface area contributed by atoms with E-state index in [0.29, 0.717) is 6.04 Å². The summed E-state index contributed by atoms with van der Waals surface area (Å²) in [6, 6.07) is 2.73. The van der Waals surface area contributed by atoms with Gasteiger partial charge in [0.15, 0.2) is 0 Å². The van der Waals surface area contributed by atoms with E-state index in [1.807, 2.05) is 14.0 Å². The fourth-order valence-corrected chi connectivity index (χ4v) is 2.51. The van der Waals surface area contributed by atoms with Crippen LogP contribution >= 0.6 is 0 Å². The van der Waals surface area contributed by atoms with E-state index in [0.717, 1.165) is 24.6 Å². The fourth-order valence-electron chi connectivity index (χ4n) is 2.51. The van der Waals surface area contributed by atoms with Crippen molar-refractivity contribution in [1.82, 2.24) is 15.3 Å². The van der Waals surface area contributed by atoms with Gasteiger partial charge in [-0.15, -0.1) is 0 Å². The van der Waals surface area contributed by atoms with E-state index >= 15 is 0 Å². The Balaban J connectivity index is 2.10. The zero-order valence-corrected chi connectivity index (χ0v) is 10.8. The minimum absolute atomic E-state index is 0.630. The number of nitrogens with one attached hydrogen (secondary N) is 1. The number of hydrogen-bond donors (Lipinski definition) is 1. The van der Waals surface area contributed by atoms with Crippen LogP contribution in [0.5, 0.6) is 0 Å². The van der Waals surface area contributed by atoms with E-state index < -0.39 is 0 Å². The van der Waals surface area contributed by atoms with Crippen molar-refractivity contribution in [3.63, 3.8) is 0 Å². The Morgan fingerprint density at radius 3 is 3.06 bits per heavy atom. The molecule has 4 heteroatoms. The minimum Gasteiger partial charge on any atom is -0.353 e. The number of piperidine rings is 1. The minimum atomic E-state index is 0.630. The molecule has 1 aliphatic rings. The molecule has 4 nitrogen and oxygen atoms in total. The SMILES string of the molecule is CNCCC1CCCCN1c1cc(C)ncn1. The number of aryl methyl sites for hydroxylation is 1. The first-order valence-electron chi connectivity index (χ1n) is 6.51. The zero-order chi connectivity index (χ0) is 12.1. The van der Waals surface area contributed by atoms with Crippen LogP contribution in [0.25, 0.3) is 0 Å². The van der Waals surface area contributed by atoms with Crippen molar-refractivity contribution >= 4 is 5.82 Å². The number of aromatic nitrogens is 2. The van der Waals surface area contributed by atoms with E-state index in [2.05, 4.69) is 26.3 Å². The normalized spacial score (nSPS) is 20.6. The lowest BCUT2D eigenvalue weighted by Gasteiger charge is -2.36. The van der Waals surface area contributed by atoms with Crippen LogP contribution in [0, 0.1) is 6.92 Å². The zero-order valence-electron chi connectivity index (χ0n) is 10.8. The molecular weight excluding hydrogens is 212 g/mol. The number of nitrogens with zero attached hydrogens (tertiary/aromatic N) is 3. The second-order valence-corrected chi connectivity index (χ2v) is 4.75. The average molecular weight is 234 g/mol. The Kier molecular flexibility index (Phi) is 4.31. The molecule has 1 N–H and O–H groups in total. The molecule has 1 fully saturated rings. The highest BCUT2D eigenvalue weighted by atomic mass is 15.2. The van der Waals surface area contributed by atoms with Gasteiger partial charge in [-0.25, -0.2) is 9.97 Å². The molecule has 1 aromatic heterocycles. The molecule has 0 bridgehead atoms. The Bertz CT molecular complexity index is 353. The van der Waals surface area contributed by atoms with Gasteiger partial charge >= 0.3 is 0 Å². The third-order valence-electron chi connectivity index (χ3n) is 3.44. The van der Waals surface area contributed by atoms with Gasteiger partial charge in [0.2, 0.25) is 0 Å². The van der Waals surface area contributed by atoms with Crippen LogP contribution in [-0.2, 0) is 0 Å². The molecule has 1 unspecified atom stereocenters. The predicted octanol–water partition coefficient (Wildman–Crippen LogP) is 1.75. The van der Waals surface area contributed by atoms with Gasteiger partial charge in [-0.2, -0.15) is 0 Å². The van der Waals surface area contributed by atoms with Crippen LogP contribution in [0.1, 0.15) is 31.4 Å². The first-order valence-corrected chi connectivity index (χ1v) is 6.51. The predicted molar refractivity (Wildman–Crippen MR) is 70.3 cm³/mol.